The SMILES string of the molecule is O=C(Oc1cc(F)c(OC(F)(F)F)c(F)c1)c1c(F)cc(C2CCCCO2)cc1F. The Hall–Kier alpha value is -2.82. The third-order valence-corrected chi connectivity index (χ3v) is 4.22. The van der Waals surface area contributed by atoms with Crippen molar-refractivity contribution < 1.29 is 49.7 Å². The number of carbonyl (C=O) groups excluding carboxylic acids is 1. The quantitative estimate of drug-likeness (QED) is 0.354. The lowest BCUT2D eigenvalue weighted by Crippen LogP contribution is -2.19. The van der Waals surface area contributed by atoms with Crippen LogP contribution >= 0.6 is 0 Å². The number of hydrogen-bond donors (Lipinski definition) is 0. The maximum atomic E-state index is 14.3. The Morgan fingerprint density at radius 3 is 2.03 bits per heavy atom. The highest BCUT2D eigenvalue weighted by atomic mass is 19.4. The summed E-state index contributed by atoms with van der Waals surface area (Å²) >= 11 is 0. The van der Waals surface area contributed by atoms with Crippen LogP contribution < -0.4 is 9.47 Å². The van der Waals surface area contributed by atoms with Gasteiger partial charge >= 0.3 is 12.3 Å². The minimum atomic E-state index is -5.37. The molecule has 0 aromatic heterocycles. The summed E-state index contributed by atoms with van der Waals surface area (Å²) in [6.45, 7) is 0.420. The summed E-state index contributed by atoms with van der Waals surface area (Å²) < 4.78 is 106. The molecule has 0 aliphatic carbocycles. The van der Waals surface area contributed by atoms with Crippen molar-refractivity contribution in [3.05, 3.63) is 58.7 Å². The number of alkyl halides is 3. The van der Waals surface area contributed by atoms with E-state index in [2.05, 4.69) is 9.47 Å². The topological polar surface area (TPSA) is 44.8 Å². The van der Waals surface area contributed by atoms with E-state index >= 15 is 0 Å². The molecule has 11 heteroatoms. The first kappa shape index (κ1) is 21.9. The summed E-state index contributed by atoms with van der Waals surface area (Å²) in [4.78, 5) is 12.1. The summed E-state index contributed by atoms with van der Waals surface area (Å²) in [6, 6.07) is 2.19. The van der Waals surface area contributed by atoms with E-state index < -0.39 is 58.8 Å². The molecular weight excluding hydrogens is 425 g/mol. The molecule has 1 aliphatic heterocycles. The van der Waals surface area contributed by atoms with Gasteiger partial charge in [-0.25, -0.2) is 22.4 Å². The van der Waals surface area contributed by atoms with Crippen LogP contribution in [0.4, 0.5) is 30.7 Å². The zero-order valence-electron chi connectivity index (χ0n) is 15.0. The molecule has 2 aromatic rings. The molecule has 30 heavy (non-hydrogen) atoms. The number of rotatable bonds is 4. The van der Waals surface area contributed by atoms with Gasteiger partial charge in [-0.2, -0.15) is 0 Å². The average Bonchev–Trinajstić information content (AvgIpc) is 2.64. The molecule has 1 unspecified atom stereocenters. The third-order valence-electron chi connectivity index (χ3n) is 4.22. The van der Waals surface area contributed by atoms with Gasteiger partial charge in [0.1, 0.15) is 22.9 Å². The number of hydrogen-bond acceptors (Lipinski definition) is 4. The summed E-state index contributed by atoms with van der Waals surface area (Å²) in [7, 11) is 0. The molecule has 1 fully saturated rings. The van der Waals surface area contributed by atoms with E-state index in [9.17, 15) is 35.5 Å². The smallest absolute Gasteiger partial charge is 0.423 e. The molecule has 1 aliphatic rings. The van der Waals surface area contributed by atoms with Gasteiger partial charge in [0.05, 0.1) is 6.10 Å². The normalized spacial score (nSPS) is 17.0. The summed E-state index contributed by atoms with van der Waals surface area (Å²) in [6.07, 6.45) is -3.77. The number of ether oxygens (including phenoxy) is 3. The maximum absolute atomic E-state index is 14.3. The van der Waals surface area contributed by atoms with Crippen molar-refractivity contribution >= 4 is 5.97 Å². The number of esters is 1. The maximum Gasteiger partial charge on any atom is 0.573 e. The molecule has 3 rings (SSSR count). The highest BCUT2D eigenvalue weighted by Crippen LogP contribution is 2.33. The second kappa shape index (κ2) is 8.50. The van der Waals surface area contributed by atoms with Crippen molar-refractivity contribution in [3.63, 3.8) is 0 Å². The van der Waals surface area contributed by atoms with E-state index in [0.717, 1.165) is 25.0 Å². The number of benzene rings is 2. The molecule has 0 bridgehead atoms. The van der Waals surface area contributed by atoms with Crippen molar-refractivity contribution in [2.75, 3.05) is 6.61 Å². The molecule has 0 saturated carbocycles. The zero-order valence-corrected chi connectivity index (χ0v) is 15.0. The van der Waals surface area contributed by atoms with Gasteiger partial charge in [0.2, 0.25) is 5.75 Å². The molecule has 1 heterocycles. The van der Waals surface area contributed by atoms with E-state index in [1.807, 2.05) is 0 Å². The average molecular weight is 438 g/mol. The van der Waals surface area contributed by atoms with Crippen LogP contribution in [-0.2, 0) is 4.74 Å². The van der Waals surface area contributed by atoms with Crippen molar-refractivity contribution in [1.29, 1.82) is 0 Å². The Bertz CT molecular complexity index is 906. The van der Waals surface area contributed by atoms with Crippen LogP contribution in [0.15, 0.2) is 24.3 Å². The second-order valence-electron chi connectivity index (χ2n) is 6.37. The van der Waals surface area contributed by atoms with E-state index in [4.69, 9.17) is 4.74 Å². The third kappa shape index (κ3) is 5.02. The van der Waals surface area contributed by atoms with Crippen molar-refractivity contribution in [3.8, 4) is 11.5 Å². The number of carbonyl (C=O) groups is 1. The number of halogens is 7. The molecule has 2 aromatic carbocycles. The molecule has 1 saturated heterocycles. The standard InChI is InChI=1S/C19H13F7O4/c20-11-5-9(15-3-1-2-4-28-15)6-12(21)16(11)18(27)29-10-7-13(22)17(14(23)8-10)30-19(24,25)26/h5-8,15H,1-4H2. The summed E-state index contributed by atoms with van der Waals surface area (Å²) in [5.74, 6) is -10.6. The predicted molar refractivity (Wildman–Crippen MR) is 86.9 cm³/mol. The lowest BCUT2D eigenvalue weighted by atomic mass is 9.99. The Labute approximate surface area is 165 Å². The van der Waals surface area contributed by atoms with Gasteiger partial charge < -0.3 is 14.2 Å². The molecule has 0 N–H and O–H groups in total. The monoisotopic (exact) mass is 438 g/mol. The first-order valence-corrected chi connectivity index (χ1v) is 8.62. The van der Waals surface area contributed by atoms with E-state index in [1.165, 1.54) is 0 Å². The highest BCUT2D eigenvalue weighted by Gasteiger charge is 2.34. The predicted octanol–water partition coefficient (Wildman–Crippen LogP) is 5.60. The van der Waals surface area contributed by atoms with Crippen LogP contribution in [0.2, 0.25) is 0 Å². The van der Waals surface area contributed by atoms with Crippen LogP contribution in [-0.4, -0.2) is 18.9 Å². The Kier molecular flexibility index (Phi) is 6.20. The van der Waals surface area contributed by atoms with Crippen molar-refractivity contribution in [2.45, 2.75) is 31.7 Å². The zero-order chi connectivity index (χ0) is 22.1. The molecule has 162 valence electrons. The van der Waals surface area contributed by atoms with Crippen LogP contribution in [0.3, 0.4) is 0 Å². The van der Waals surface area contributed by atoms with Gasteiger partial charge in [-0.15, -0.1) is 13.2 Å². The van der Waals surface area contributed by atoms with Crippen LogP contribution in [0, 0.1) is 23.3 Å². The molecule has 0 spiro atoms. The van der Waals surface area contributed by atoms with Gasteiger partial charge in [-0.05, 0) is 37.0 Å². The van der Waals surface area contributed by atoms with Gasteiger partial charge in [0.15, 0.2) is 11.6 Å². The molecule has 1 atom stereocenters. The molecule has 4 nitrogen and oxygen atoms in total. The molecular formula is C19H13F7O4. The van der Waals surface area contributed by atoms with Crippen molar-refractivity contribution in [1.82, 2.24) is 0 Å². The minimum Gasteiger partial charge on any atom is -0.423 e. The Balaban J connectivity index is 1.82. The van der Waals surface area contributed by atoms with E-state index in [1.54, 1.807) is 0 Å². The van der Waals surface area contributed by atoms with Crippen LogP contribution in [0.5, 0.6) is 11.5 Å². The van der Waals surface area contributed by atoms with Crippen LogP contribution in [0.1, 0.15) is 41.3 Å². The first-order valence-electron chi connectivity index (χ1n) is 8.62. The highest BCUT2D eigenvalue weighted by molar-refractivity contribution is 5.91. The van der Waals surface area contributed by atoms with Gasteiger partial charge in [0, 0.05) is 18.7 Å². The van der Waals surface area contributed by atoms with Crippen LogP contribution in [0.25, 0.3) is 0 Å². The fourth-order valence-electron chi connectivity index (χ4n) is 2.94. The van der Waals surface area contributed by atoms with Gasteiger partial charge in [-0.3, -0.25) is 0 Å². The summed E-state index contributed by atoms with van der Waals surface area (Å²) in [5.41, 5.74) is -0.960. The Morgan fingerprint density at radius 2 is 1.53 bits per heavy atom. The lowest BCUT2D eigenvalue weighted by Gasteiger charge is -2.23. The second-order valence-corrected chi connectivity index (χ2v) is 6.37. The van der Waals surface area contributed by atoms with E-state index in [-0.39, 0.29) is 17.7 Å². The molecule has 0 radical (unpaired) electrons. The summed E-state index contributed by atoms with van der Waals surface area (Å²) in [5, 5.41) is 0. The molecule has 0 amide bonds. The van der Waals surface area contributed by atoms with Crippen molar-refractivity contribution in [2.24, 2.45) is 0 Å². The first-order chi connectivity index (χ1) is 14.0. The van der Waals surface area contributed by atoms with Gasteiger partial charge in [-0.1, -0.05) is 0 Å². The van der Waals surface area contributed by atoms with E-state index in [0.29, 0.717) is 13.0 Å². The Morgan fingerprint density at radius 1 is 0.933 bits per heavy atom. The lowest BCUT2D eigenvalue weighted by molar-refractivity contribution is -0.276. The fraction of sp³-hybridized carbons (Fsp3) is 0.316. The van der Waals surface area contributed by atoms with Gasteiger partial charge in [0.25, 0.3) is 0 Å². The largest absolute Gasteiger partial charge is 0.573 e. The minimum absolute atomic E-state index is 0.173. The fourth-order valence-corrected chi connectivity index (χ4v) is 2.94.